The predicted octanol–water partition coefficient (Wildman–Crippen LogP) is 1.14. The fourth-order valence-corrected chi connectivity index (χ4v) is 1.78. The Morgan fingerprint density at radius 3 is 1.82 bits per heavy atom. The van der Waals surface area contributed by atoms with Crippen LogP contribution in [0.5, 0.6) is 0 Å². The molecule has 0 unspecified atom stereocenters. The molecule has 0 saturated carbocycles. The maximum atomic E-state index is 11.7. The second-order valence-corrected chi connectivity index (χ2v) is 4.21. The number of benzene rings is 1. The molecular weight excluding hydrogens is 296 g/mol. The van der Waals surface area contributed by atoms with Gasteiger partial charge in [0, 0.05) is 30.2 Å². The number of hydrogen-bond donors (Lipinski definition) is 2. The number of nitro groups is 1. The third-order valence-corrected chi connectivity index (χ3v) is 2.85. The van der Waals surface area contributed by atoms with Crippen LogP contribution in [-0.4, -0.2) is 31.6 Å². The first-order valence-electron chi connectivity index (χ1n) is 5.79. The second kappa shape index (κ2) is 5.48. The number of carboxylic acid groups (broad SMARTS) is 2. The third-order valence-electron chi connectivity index (χ3n) is 2.85. The zero-order chi connectivity index (χ0) is 16.4. The van der Waals surface area contributed by atoms with Crippen molar-refractivity contribution in [2.45, 2.75) is 0 Å². The van der Waals surface area contributed by atoms with Gasteiger partial charge in [0.05, 0.1) is 4.92 Å². The van der Waals surface area contributed by atoms with E-state index in [2.05, 4.69) is 0 Å². The maximum Gasteiger partial charge on any atom is 0.341 e. The lowest BCUT2D eigenvalue weighted by Gasteiger charge is -2.09. The van der Waals surface area contributed by atoms with E-state index >= 15 is 0 Å². The smallest absolute Gasteiger partial charge is 0.341 e. The number of nitro benzene ring substituents is 1. The Balaban J connectivity index is 2.65. The van der Waals surface area contributed by atoms with Gasteiger partial charge in [0.25, 0.3) is 5.69 Å². The van der Waals surface area contributed by atoms with Crippen LogP contribution in [0.2, 0.25) is 0 Å². The maximum absolute atomic E-state index is 11.7. The summed E-state index contributed by atoms with van der Waals surface area (Å²) in [5.41, 5.74) is -2.44. The minimum Gasteiger partial charge on any atom is -0.477 e. The Kier molecular flexibility index (Phi) is 3.71. The Hall–Kier alpha value is -3.49. The minimum atomic E-state index is -1.57. The average Bonchev–Trinajstić information content (AvgIpc) is 2.47. The lowest BCUT2D eigenvalue weighted by atomic mass is 10.1. The lowest BCUT2D eigenvalue weighted by molar-refractivity contribution is -0.384. The summed E-state index contributed by atoms with van der Waals surface area (Å²) in [6.45, 7) is 0. The van der Waals surface area contributed by atoms with Crippen molar-refractivity contribution in [3.63, 3.8) is 0 Å². The highest BCUT2D eigenvalue weighted by Gasteiger charge is 2.18. The summed E-state index contributed by atoms with van der Waals surface area (Å²) >= 11 is 0. The molecule has 1 heterocycles. The largest absolute Gasteiger partial charge is 0.477 e. The van der Waals surface area contributed by atoms with E-state index in [1.54, 1.807) is 0 Å². The fourth-order valence-electron chi connectivity index (χ4n) is 1.78. The Morgan fingerprint density at radius 2 is 1.45 bits per heavy atom. The number of aromatic carboxylic acids is 2. The number of nitrogens with zero attached hydrogens (tertiary/aromatic N) is 2. The molecule has 1 aromatic heterocycles. The Bertz CT molecular complexity index is 798. The van der Waals surface area contributed by atoms with Crippen LogP contribution in [-0.2, 0) is 0 Å². The number of aromatic nitrogens is 1. The molecule has 0 saturated heterocycles. The van der Waals surface area contributed by atoms with Gasteiger partial charge in [0.15, 0.2) is 0 Å². The van der Waals surface area contributed by atoms with Crippen LogP contribution in [0.3, 0.4) is 0 Å². The van der Waals surface area contributed by atoms with E-state index in [9.17, 15) is 24.5 Å². The van der Waals surface area contributed by atoms with Gasteiger partial charge >= 0.3 is 11.9 Å². The Labute approximate surface area is 121 Å². The average molecular weight is 304 g/mol. The summed E-state index contributed by atoms with van der Waals surface area (Å²) in [6, 6.07) is 4.96. The lowest BCUT2D eigenvalue weighted by Crippen LogP contribution is -2.24. The topological polar surface area (TPSA) is 140 Å². The van der Waals surface area contributed by atoms with Gasteiger partial charge in [0.2, 0.25) is 5.43 Å². The summed E-state index contributed by atoms with van der Waals surface area (Å²) in [4.78, 5) is 43.7. The molecule has 2 N–H and O–H groups in total. The van der Waals surface area contributed by atoms with Crippen LogP contribution < -0.4 is 5.43 Å². The number of hydrogen-bond acceptors (Lipinski definition) is 5. The fraction of sp³-hybridized carbons (Fsp3) is 0. The monoisotopic (exact) mass is 304 g/mol. The van der Waals surface area contributed by atoms with Crippen LogP contribution in [0.15, 0.2) is 41.5 Å². The van der Waals surface area contributed by atoms with Crippen molar-refractivity contribution < 1.29 is 24.7 Å². The number of pyridine rings is 1. The molecule has 2 aromatic rings. The molecule has 2 rings (SSSR count). The molecule has 0 spiro atoms. The standard InChI is InChI=1S/C13H8N2O7/c16-11-9(12(17)18)5-14(6-10(11)13(19)20)7-1-3-8(4-2-7)15(21)22/h1-6H,(H,17,18)(H,19,20). The van der Waals surface area contributed by atoms with E-state index in [4.69, 9.17) is 10.2 Å². The highest BCUT2D eigenvalue weighted by atomic mass is 16.6. The van der Waals surface area contributed by atoms with Crippen molar-refractivity contribution in [1.82, 2.24) is 4.57 Å². The molecule has 0 bridgehead atoms. The minimum absolute atomic E-state index is 0.179. The van der Waals surface area contributed by atoms with Crippen molar-refractivity contribution in [2.75, 3.05) is 0 Å². The SMILES string of the molecule is O=C(O)c1cn(-c2ccc([N+](=O)[O-])cc2)cc(C(=O)O)c1=O. The number of carboxylic acids is 2. The van der Waals surface area contributed by atoms with Gasteiger partial charge in [-0.3, -0.25) is 14.9 Å². The summed E-state index contributed by atoms with van der Waals surface area (Å²) in [5, 5.41) is 28.5. The molecule has 0 amide bonds. The zero-order valence-corrected chi connectivity index (χ0v) is 10.8. The van der Waals surface area contributed by atoms with Crippen LogP contribution >= 0.6 is 0 Å². The molecule has 0 fully saturated rings. The number of non-ortho nitro benzene ring substituents is 1. The Morgan fingerprint density at radius 1 is 1.00 bits per heavy atom. The highest BCUT2D eigenvalue weighted by molar-refractivity contribution is 5.93. The van der Waals surface area contributed by atoms with E-state index in [-0.39, 0.29) is 11.4 Å². The molecule has 0 atom stereocenters. The van der Waals surface area contributed by atoms with Crippen molar-refractivity contribution in [1.29, 1.82) is 0 Å². The quantitative estimate of drug-likeness (QED) is 0.637. The molecule has 22 heavy (non-hydrogen) atoms. The third kappa shape index (κ3) is 2.68. The zero-order valence-electron chi connectivity index (χ0n) is 10.8. The summed E-state index contributed by atoms with van der Waals surface area (Å²) in [6.07, 6.45) is 1.91. The van der Waals surface area contributed by atoms with Gasteiger partial charge in [-0.25, -0.2) is 9.59 Å². The first-order chi connectivity index (χ1) is 10.3. The van der Waals surface area contributed by atoms with Crippen molar-refractivity contribution in [3.05, 3.63) is 68.1 Å². The highest BCUT2D eigenvalue weighted by Crippen LogP contribution is 2.15. The molecule has 0 radical (unpaired) electrons. The number of carbonyl (C=O) groups is 2. The van der Waals surface area contributed by atoms with Crippen LogP contribution in [0.25, 0.3) is 5.69 Å². The number of rotatable bonds is 4. The van der Waals surface area contributed by atoms with Crippen LogP contribution in [0.1, 0.15) is 20.7 Å². The molecule has 0 aliphatic carbocycles. The van der Waals surface area contributed by atoms with E-state index < -0.39 is 33.4 Å². The van der Waals surface area contributed by atoms with Crippen LogP contribution in [0, 0.1) is 10.1 Å². The van der Waals surface area contributed by atoms with Gasteiger partial charge < -0.3 is 14.8 Å². The normalized spacial score (nSPS) is 10.2. The molecule has 9 heteroatoms. The van der Waals surface area contributed by atoms with Crippen molar-refractivity contribution in [3.8, 4) is 5.69 Å². The molecule has 0 aliphatic heterocycles. The van der Waals surface area contributed by atoms with E-state index in [1.807, 2.05) is 0 Å². The second-order valence-electron chi connectivity index (χ2n) is 4.21. The first kappa shape index (κ1) is 14.9. The molecule has 112 valence electrons. The van der Waals surface area contributed by atoms with Crippen LogP contribution in [0.4, 0.5) is 5.69 Å². The van der Waals surface area contributed by atoms with Gasteiger partial charge in [-0.2, -0.15) is 0 Å². The van der Waals surface area contributed by atoms with Gasteiger partial charge in [-0.1, -0.05) is 0 Å². The predicted molar refractivity (Wildman–Crippen MR) is 72.6 cm³/mol. The van der Waals surface area contributed by atoms with E-state index in [1.165, 1.54) is 24.3 Å². The van der Waals surface area contributed by atoms with E-state index in [0.29, 0.717) is 0 Å². The molecule has 0 aliphatic rings. The van der Waals surface area contributed by atoms with E-state index in [0.717, 1.165) is 17.0 Å². The van der Waals surface area contributed by atoms with Crippen molar-refractivity contribution >= 4 is 17.6 Å². The summed E-state index contributed by atoms with van der Waals surface area (Å²) < 4.78 is 1.11. The van der Waals surface area contributed by atoms with Gasteiger partial charge in [0.1, 0.15) is 11.1 Å². The van der Waals surface area contributed by atoms with Gasteiger partial charge in [-0.05, 0) is 12.1 Å². The molecule has 1 aromatic carbocycles. The summed E-state index contributed by atoms with van der Waals surface area (Å²) in [5.74, 6) is -3.13. The molecule has 9 nitrogen and oxygen atoms in total. The van der Waals surface area contributed by atoms with Crippen molar-refractivity contribution in [2.24, 2.45) is 0 Å². The summed E-state index contributed by atoms with van der Waals surface area (Å²) in [7, 11) is 0. The first-order valence-corrected chi connectivity index (χ1v) is 5.79. The molecular formula is C13H8N2O7. The van der Waals surface area contributed by atoms with Gasteiger partial charge in [-0.15, -0.1) is 0 Å².